The Hall–Kier alpha value is -1.39. The summed E-state index contributed by atoms with van der Waals surface area (Å²) in [5.41, 5.74) is 1.25. The molecule has 4 heteroatoms. The standard InChI is InChI=1S/C16H21NO2S/c1-13(17-11-6-12-20(2,18)19)15-10-5-8-14-7-3-4-9-16(14)15/h3-5,7-10,13,17H,6,11-12H2,1-2H3. The first-order valence-corrected chi connectivity index (χ1v) is 8.92. The van der Waals surface area contributed by atoms with Gasteiger partial charge in [0.1, 0.15) is 9.84 Å². The van der Waals surface area contributed by atoms with Crippen molar-refractivity contribution < 1.29 is 8.42 Å². The summed E-state index contributed by atoms with van der Waals surface area (Å²) in [6, 6.07) is 14.8. The predicted octanol–water partition coefficient (Wildman–Crippen LogP) is 2.93. The third kappa shape index (κ3) is 4.05. The minimum absolute atomic E-state index is 0.209. The highest BCUT2D eigenvalue weighted by atomic mass is 32.2. The van der Waals surface area contributed by atoms with Crippen molar-refractivity contribution in [1.29, 1.82) is 0 Å². The van der Waals surface area contributed by atoms with Crippen molar-refractivity contribution in [3.8, 4) is 0 Å². The second kappa shape index (κ2) is 6.37. The monoisotopic (exact) mass is 291 g/mol. The maximum absolute atomic E-state index is 11.1. The van der Waals surface area contributed by atoms with E-state index in [4.69, 9.17) is 0 Å². The third-order valence-corrected chi connectivity index (χ3v) is 4.46. The van der Waals surface area contributed by atoms with E-state index in [1.807, 2.05) is 12.1 Å². The molecule has 0 bridgehead atoms. The van der Waals surface area contributed by atoms with Gasteiger partial charge in [0.25, 0.3) is 0 Å². The van der Waals surface area contributed by atoms with E-state index in [1.165, 1.54) is 22.6 Å². The quantitative estimate of drug-likeness (QED) is 0.832. The van der Waals surface area contributed by atoms with Gasteiger partial charge in [-0.15, -0.1) is 0 Å². The number of sulfone groups is 1. The Bertz CT molecular complexity index is 674. The molecule has 0 aromatic heterocycles. The molecular formula is C16H21NO2S. The highest BCUT2D eigenvalue weighted by Crippen LogP contribution is 2.23. The van der Waals surface area contributed by atoms with Crippen LogP contribution in [0.2, 0.25) is 0 Å². The molecule has 0 aliphatic rings. The molecule has 0 fully saturated rings. The summed E-state index contributed by atoms with van der Waals surface area (Å²) in [6.07, 6.45) is 1.93. The Kier molecular flexibility index (Phi) is 4.78. The molecule has 1 atom stereocenters. The van der Waals surface area contributed by atoms with E-state index < -0.39 is 9.84 Å². The van der Waals surface area contributed by atoms with E-state index in [9.17, 15) is 8.42 Å². The summed E-state index contributed by atoms with van der Waals surface area (Å²) in [4.78, 5) is 0. The fourth-order valence-corrected chi connectivity index (χ4v) is 3.06. The smallest absolute Gasteiger partial charge is 0.147 e. The Morgan fingerprint density at radius 2 is 1.80 bits per heavy atom. The molecule has 0 aliphatic carbocycles. The van der Waals surface area contributed by atoms with Gasteiger partial charge in [-0.2, -0.15) is 0 Å². The molecule has 0 amide bonds. The fraction of sp³-hybridized carbons (Fsp3) is 0.375. The minimum atomic E-state index is -2.86. The molecule has 20 heavy (non-hydrogen) atoms. The Balaban J connectivity index is 2.03. The maximum Gasteiger partial charge on any atom is 0.147 e. The second-order valence-electron chi connectivity index (χ2n) is 5.23. The van der Waals surface area contributed by atoms with Gasteiger partial charge < -0.3 is 5.32 Å². The lowest BCUT2D eigenvalue weighted by molar-refractivity contribution is 0.564. The summed E-state index contributed by atoms with van der Waals surface area (Å²) >= 11 is 0. The topological polar surface area (TPSA) is 46.2 Å². The molecule has 0 radical (unpaired) electrons. The molecule has 0 heterocycles. The van der Waals surface area contributed by atoms with Gasteiger partial charge in [-0.05, 0) is 36.2 Å². The summed E-state index contributed by atoms with van der Waals surface area (Å²) in [7, 11) is -2.86. The molecule has 1 unspecified atom stereocenters. The van der Waals surface area contributed by atoms with Crippen LogP contribution in [-0.4, -0.2) is 27.0 Å². The van der Waals surface area contributed by atoms with Crippen molar-refractivity contribution in [3.63, 3.8) is 0 Å². The summed E-state index contributed by atoms with van der Waals surface area (Å²) in [6.45, 7) is 2.82. The van der Waals surface area contributed by atoms with Gasteiger partial charge in [-0.3, -0.25) is 0 Å². The average molecular weight is 291 g/mol. The van der Waals surface area contributed by atoms with E-state index in [0.29, 0.717) is 13.0 Å². The predicted molar refractivity (Wildman–Crippen MR) is 84.7 cm³/mol. The largest absolute Gasteiger partial charge is 0.310 e. The van der Waals surface area contributed by atoms with Gasteiger partial charge in [0.2, 0.25) is 0 Å². The number of hydrogen-bond acceptors (Lipinski definition) is 3. The molecule has 0 saturated carbocycles. The molecule has 1 N–H and O–H groups in total. The summed E-state index contributed by atoms with van der Waals surface area (Å²) in [5.74, 6) is 0.238. The third-order valence-electron chi connectivity index (χ3n) is 3.43. The van der Waals surface area contributed by atoms with Crippen LogP contribution in [0.1, 0.15) is 24.9 Å². The SMILES string of the molecule is CC(NCCCS(C)(=O)=O)c1cccc2ccccc12. The van der Waals surface area contributed by atoms with Crippen LogP contribution in [0, 0.1) is 0 Å². The lowest BCUT2D eigenvalue weighted by Gasteiger charge is -2.16. The zero-order chi connectivity index (χ0) is 14.6. The van der Waals surface area contributed by atoms with Gasteiger partial charge in [0.15, 0.2) is 0 Å². The van der Waals surface area contributed by atoms with E-state index >= 15 is 0 Å². The average Bonchev–Trinajstić information content (AvgIpc) is 2.41. The molecule has 2 aromatic rings. The second-order valence-corrected chi connectivity index (χ2v) is 7.49. The molecule has 108 valence electrons. The van der Waals surface area contributed by atoms with Crippen molar-refractivity contribution >= 4 is 20.6 Å². The van der Waals surface area contributed by atoms with E-state index in [2.05, 4.69) is 42.6 Å². The van der Waals surface area contributed by atoms with Crippen LogP contribution >= 0.6 is 0 Å². The minimum Gasteiger partial charge on any atom is -0.310 e. The molecule has 0 saturated heterocycles. The van der Waals surface area contributed by atoms with Crippen molar-refractivity contribution in [1.82, 2.24) is 5.32 Å². The lowest BCUT2D eigenvalue weighted by atomic mass is 10.00. The van der Waals surface area contributed by atoms with Crippen molar-refractivity contribution in [2.24, 2.45) is 0 Å². The van der Waals surface area contributed by atoms with Gasteiger partial charge >= 0.3 is 0 Å². The van der Waals surface area contributed by atoms with E-state index in [-0.39, 0.29) is 11.8 Å². The molecule has 0 spiro atoms. The highest BCUT2D eigenvalue weighted by molar-refractivity contribution is 7.90. The van der Waals surface area contributed by atoms with Gasteiger partial charge in [-0.25, -0.2) is 8.42 Å². The summed E-state index contributed by atoms with van der Waals surface area (Å²) < 4.78 is 22.2. The van der Waals surface area contributed by atoms with Crippen LogP contribution in [0.25, 0.3) is 10.8 Å². The first kappa shape index (κ1) is 15.0. The zero-order valence-electron chi connectivity index (χ0n) is 12.0. The van der Waals surface area contributed by atoms with Crippen LogP contribution in [0.15, 0.2) is 42.5 Å². The maximum atomic E-state index is 11.1. The van der Waals surface area contributed by atoms with E-state index in [0.717, 1.165) is 0 Å². The number of rotatable bonds is 6. The van der Waals surface area contributed by atoms with Crippen LogP contribution in [0.3, 0.4) is 0 Å². The first-order valence-electron chi connectivity index (χ1n) is 6.86. The molecule has 3 nitrogen and oxygen atoms in total. The Morgan fingerprint density at radius 3 is 2.55 bits per heavy atom. The molecule has 2 aromatic carbocycles. The van der Waals surface area contributed by atoms with Gasteiger partial charge in [0.05, 0.1) is 5.75 Å². The van der Waals surface area contributed by atoms with Crippen LogP contribution < -0.4 is 5.32 Å². The Labute approximate surface area is 120 Å². The van der Waals surface area contributed by atoms with Crippen LogP contribution in [0.4, 0.5) is 0 Å². The molecule has 0 aliphatic heterocycles. The number of benzene rings is 2. The van der Waals surface area contributed by atoms with Crippen LogP contribution in [0.5, 0.6) is 0 Å². The number of nitrogens with one attached hydrogen (secondary N) is 1. The Morgan fingerprint density at radius 1 is 1.10 bits per heavy atom. The molecular weight excluding hydrogens is 270 g/mol. The lowest BCUT2D eigenvalue weighted by Crippen LogP contribution is -2.22. The van der Waals surface area contributed by atoms with Gasteiger partial charge in [0, 0.05) is 12.3 Å². The van der Waals surface area contributed by atoms with Crippen molar-refractivity contribution in [2.75, 3.05) is 18.6 Å². The number of fused-ring (bicyclic) bond motifs is 1. The zero-order valence-corrected chi connectivity index (χ0v) is 12.8. The molecule has 2 rings (SSSR count). The van der Waals surface area contributed by atoms with Crippen molar-refractivity contribution in [3.05, 3.63) is 48.0 Å². The summed E-state index contributed by atoms with van der Waals surface area (Å²) in [5, 5.41) is 5.88. The van der Waals surface area contributed by atoms with Crippen LogP contribution in [-0.2, 0) is 9.84 Å². The fourth-order valence-electron chi connectivity index (χ4n) is 2.39. The normalized spacial score (nSPS) is 13.5. The van der Waals surface area contributed by atoms with Crippen molar-refractivity contribution in [2.45, 2.75) is 19.4 Å². The highest BCUT2D eigenvalue weighted by Gasteiger charge is 2.09. The van der Waals surface area contributed by atoms with Gasteiger partial charge in [-0.1, -0.05) is 42.5 Å². The van der Waals surface area contributed by atoms with E-state index in [1.54, 1.807) is 0 Å². The first-order chi connectivity index (χ1) is 9.47. The number of hydrogen-bond donors (Lipinski definition) is 1.